The number of nitrogens with zero attached hydrogens (tertiary/aromatic N) is 1. The Balaban J connectivity index is 2.60. The molecule has 0 saturated carbocycles. The predicted molar refractivity (Wildman–Crippen MR) is 80.3 cm³/mol. The number of nitriles is 1. The molecule has 1 aromatic carbocycles. The predicted octanol–water partition coefficient (Wildman–Crippen LogP) is 2.74. The van der Waals surface area contributed by atoms with Crippen molar-refractivity contribution in [3.63, 3.8) is 0 Å². The van der Waals surface area contributed by atoms with E-state index in [1.165, 1.54) is 19.2 Å². The smallest absolute Gasteiger partial charge is 0.338 e. The van der Waals surface area contributed by atoms with Gasteiger partial charge in [0.1, 0.15) is 11.5 Å². The fourth-order valence-corrected chi connectivity index (χ4v) is 2.56. The van der Waals surface area contributed by atoms with Crippen molar-refractivity contribution in [1.82, 2.24) is 0 Å². The highest BCUT2D eigenvalue weighted by Gasteiger charge is 2.35. The van der Waals surface area contributed by atoms with Crippen LogP contribution in [0.15, 0.2) is 46.9 Å². The van der Waals surface area contributed by atoms with Crippen LogP contribution in [-0.2, 0) is 14.3 Å². The molecule has 2 rings (SSSR count). The molecule has 118 valence electrons. The van der Waals surface area contributed by atoms with Crippen molar-refractivity contribution in [3.05, 3.63) is 58.1 Å². The molecule has 0 bridgehead atoms. The standard InChI is InChI=1S/C17H15NO5/c1-9-13(8-18)15(14(10(2)23-9)17(21)22-3)11-4-6-12(7-5-11)16(19)20/h4-7,15H,1-3H3,(H,19,20). The fraction of sp³-hybridized carbons (Fsp3) is 0.235. The van der Waals surface area contributed by atoms with E-state index in [1.54, 1.807) is 26.0 Å². The Morgan fingerprint density at radius 3 is 2.30 bits per heavy atom. The minimum Gasteiger partial charge on any atom is -0.478 e. The Hall–Kier alpha value is -3.07. The van der Waals surface area contributed by atoms with E-state index in [1.807, 2.05) is 0 Å². The van der Waals surface area contributed by atoms with Crippen molar-refractivity contribution in [2.45, 2.75) is 19.8 Å². The van der Waals surface area contributed by atoms with E-state index in [-0.39, 0.29) is 11.1 Å². The summed E-state index contributed by atoms with van der Waals surface area (Å²) in [4.78, 5) is 23.1. The van der Waals surface area contributed by atoms with E-state index >= 15 is 0 Å². The van der Waals surface area contributed by atoms with Crippen LogP contribution in [0.5, 0.6) is 0 Å². The molecule has 0 aromatic heterocycles. The quantitative estimate of drug-likeness (QED) is 0.862. The third kappa shape index (κ3) is 2.94. The van der Waals surface area contributed by atoms with Gasteiger partial charge >= 0.3 is 11.9 Å². The zero-order valence-corrected chi connectivity index (χ0v) is 12.9. The summed E-state index contributed by atoms with van der Waals surface area (Å²) in [5, 5.41) is 18.4. The number of allylic oxidation sites excluding steroid dienone is 3. The highest BCUT2D eigenvalue weighted by atomic mass is 16.5. The highest BCUT2D eigenvalue weighted by Crippen LogP contribution is 2.40. The molecule has 1 heterocycles. The van der Waals surface area contributed by atoms with Crippen LogP contribution in [0.2, 0.25) is 0 Å². The molecule has 23 heavy (non-hydrogen) atoms. The number of esters is 1. The van der Waals surface area contributed by atoms with E-state index < -0.39 is 17.9 Å². The van der Waals surface area contributed by atoms with Gasteiger partial charge in [0.25, 0.3) is 0 Å². The van der Waals surface area contributed by atoms with Gasteiger partial charge in [0, 0.05) is 0 Å². The van der Waals surface area contributed by atoms with Crippen LogP contribution in [0.3, 0.4) is 0 Å². The third-order valence-electron chi connectivity index (χ3n) is 3.66. The molecule has 1 unspecified atom stereocenters. The number of carbonyl (C=O) groups excluding carboxylic acids is 1. The molecule has 1 aliphatic heterocycles. The van der Waals surface area contributed by atoms with E-state index in [9.17, 15) is 14.9 Å². The molecule has 0 spiro atoms. The molecule has 1 aromatic rings. The average Bonchev–Trinajstić information content (AvgIpc) is 2.53. The Bertz CT molecular complexity index is 765. The fourth-order valence-electron chi connectivity index (χ4n) is 2.56. The third-order valence-corrected chi connectivity index (χ3v) is 3.66. The van der Waals surface area contributed by atoms with Crippen LogP contribution in [0.1, 0.15) is 35.7 Å². The lowest BCUT2D eigenvalue weighted by atomic mass is 9.82. The first-order chi connectivity index (χ1) is 10.9. The van der Waals surface area contributed by atoms with Crippen molar-refractivity contribution < 1.29 is 24.2 Å². The first-order valence-corrected chi connectivity index (χ1v) is 6.81. The van der Waals surface area contributed by atoms with Crippen LogP contribution < -0.4 is 0 Å². The molecule has 0 amide bonds. The second-order valence-electron chi connectivity index (χ2n) is 5.01. The molecule has 1 N–H and O–H groups in total. The molecule has 1 aliphatic rings. The van der Waals surface area contributed by atoms with Crippen molar-refractivity contribution >= 4 is 11.9 Å². The first kappa shape index (κ1) is 16.3. The molecule has 0 aliphatic carbocycles. The van der Waals surface area contributed by atoms with E-state index in [0.29, 0.717) is 22.7 Å². The van der Waals surface area contributed by atoms with Gasteiger partial charge in [-0.3, -0.25) is 0 Å². The highest BCUT2D eigenvalue weighted by molar-refractivity contribution is 5.92. The molecule has 6 heteroatoms. The Morgan fingerprint density at radius 1 is 1.22 bits per heavy atom. The van der Waals surface area contributed by atoms with Crippen LogP contribution in [0.4, 0.5) is 0 Å². The minimum absolute atomic E-state index is 0.125. The molecular formula is C17H15NO5. The maximum atomic E-state index is 12.1. The first-order valence-electron chi connectivity index (χ1n) is 6.81. The summed E-state index contributed by atoms with van der Waals surface area (Å²) in [5.74, 6) is -1.51. The van der Waals surface area contributed by atoms with Crippen molar-refractivity contribution in [2.24, 2.45) is 0 Å². The second kappa shape index (κ2) is 6.36. The maximum absolute atomic E-state index is 12.1. The van der Waals surface area contributed by atoms with Crippen LogP contribution in [0.25, 0.3) is 0 Å². The Kier molecular flexibility index (Phi) is 4.51. The minimum atomic E-state index is -1.05. The van der Waals surface area contributed by atoms with Gasteiger partial charge in [-0.15, -0.1) is 0 Å². The molecule has 1 atom stereocenters. The second-order valence-corrected chi connectivity index (χ2v) is 5.01. The largest absolute Gasteiger partial charge is 0.478 e. The summed E-state index contributed by atoms with van der Waals surface area (Å²) in [6, 6.07) is 8.10. The number of aromatic carboxylic acids is 1. The van der Waals surface area contributed by atoms with Gasteiger partial charge in [-0.1, -0.05) is 12.1 Å². The summed E-state index contributed by atoms with van der Waals surface area (Å²) in [7, 11) is 1.25. The zero-order chi connectivity index (χ0) is 17.1. The topological polar surface area (TPSA) is 96.6 Å². The van der Waals surface area contributed by atoms with Gasteiger partial charge in [0.15, 0.2) is 0 Å². The van der Waals surface area contributed by atoms with Crippen LogP contribution in [0, 0.1) is 11.3 Å². The van der Waals surface area contributed by atoms with Crippen LogP contribution in [-0.4, -0.2) is 24.2 Å². The van der Waals surface area contributed by atoms with Gasteiger partial charge in [-0.25, -0.2) is 9.59 Å². The lowest BCUT2D eigenvalue weighted by Gasteiger charge is -2.27. The number of carboxylic acid groups (broad SMARTS) is 1. The number of methoxy groups -OCH3 is 1. The number of ether oxygens (including phenoxy) is 2. The number of benzene rings is 1. The normalized spacial score (nSPS) is 17.4. The van der Waals surface area contributed by atoms with Crippen molar-refractivity contribution in [2.75, 3.05) is 7.11 Å². The molecule has 0 radical (unpaired) electrons. The lowest BCUT2D eigenvalue weighted by molar-refractivity contribution is -0.136. The molecule has 0 saturated heterocycles. The Morgan fingerprint density at radius 2 is 1.83 bits per heavy atom. The number of carboxylic acids is 1. The van der Waals surface area contributed by atoms with Crippen molar-refractivity contribution in [1.29, 1.82) is 5.26 Å². The van der Waals surface area contributed by atoms with E-state index in [2.05, 4.69) is 6.07 Å². The average molecular weight is 313 g/mol. The summed E-state index contributed by atoms with van der Waals surface area (Å²) in [6.07, 6.45) is 0. The molecule has 0 fully saturated rings. The van der Waals surface area contributed by atoms with Gasteiger partial charge in [-0.2, -0.15) is 5.26 Å². The SMILES string of the molecule is COC(=O)C1=C(C)OC(C)=C(C#N)C1c1ccc(C(=O)O)cc1. The van der Waals surface area contributed by atoms with Gasteiger partial charge in [0.05, 0.1) is 35.8 Å². The summed E-state index contributed by atoms with van der Waals surface area (Å²) < 4.78 is 10.3. The zero-order valence-electron chi connectivity index (χ0n) is 12.9. The molecular weight excluding hydrogens is 298 g/mol. The lowest BCUT2D eigenvalue weighted by Crippen LogP contribution is -2.22. The van der Waals surface area contributed by atoms with E-state index in [4.69, 9.17) is 14.6 Å². The molecule has 6 nitrogen and oxygen atoms in total. The maximum Gasteiger partial charge on any atom is 0.338 e. The summed E-state index contributed by atoms with van der Waals surface area (Å²) in [5.41, 5.74) is 1.27. The van der Waals surface area contributed by atoms with Gasteiger partial charge in [0.2, 0.25) is 0 Å². The monoisotopic (exact) mass is 313 g/mol. The van der Waals surface area contributed by atoms with Crippen molar-refractivity contribution in [3.8, 4) is 6.07 Å². The van der Waals surface area contributed by atoms with E-state index in [0.717, 1.165) is 0 Å². The number of rotatable bonds is 3. The number of carbonyl (C=O) groups is 2. The summed E-state index contributed by atoms with van der Waals surface area (Å²) >= 11 is 0. The van der Waals surface area contributed by atoms with Gasteiger partial charge < -0.3 is 14.6 Å². The summed E-state index contributed by atoms with van der Waals surface area (Å²) in [6.45, 7) is 3.28. The number of hydrogen-bond acceptors (Lipinski definition) is 5. The van der Waals surface area contributed by atoms with Gasteiger partial charge in [-0.05, 0) is 31.5 Å². The van der Waals surface area contributed by atoms with Crippen LogP contribution >= 0.6 is 0 Å². The number of hydrogen-bond donors (Lipinski definition) is 1. The Labute approximate surface area is 133 Å².